The summed E-state index contributed by atoms with van der Waals surface area (Å²) in [5.41, 5.74) is 0.931. The summed E-state index contributed by atoms with van der Waals surface area (Å²) in [6.45, 7) is 2.49. The van der Waals surface area contributed by atoms with Crippen molar-refractivity contribution in [2.45, 2.75) is 6.92 Å². The van der Waals surface area contributed by atoms with Crippen molar-refractivity contribution in [3.8, 4) is 0 Å². The van der Waals surface area contributed by atoms with Gasteiger partial charge in [-0.1, -0.05) is 29.8 Å². The number of nitrogens with zero attached hydrogens (tertiary/aromatic N) is 3. The normalized spacial score (nSPS) is 18.2. The van der Waals surface area contributed by atoms with Crippen molar-refractivity contribution < 1.29 is 4.79 Å². The Bertz CT molecular complexity index is 772. The van der Waals surface area contributed by atoms with Crippen LogP contribution in [-0.4, -0.2) is 27.5 Å². The van der Waals surface area contributed by atoms with E-state index in [4.69, 9.17) is 11.6 Å². The van der Waals surface area contributed by atoms with E-state index in [2.05, 4.69) is 9.98 Å². The average molecular weight is 344 g/mol. The minimum absolute atomic E-state index is 0.0397. The molecule has 1 aromatic heterocycles. The van der Waals surface area contributed by atoms with Crippen LogP contribution in [-0.2, 0) is 4.79 Å². The fourth-order valence-corrected chi connectivity index (χ4v) is 3.28. The molecule has 1 aromatic carbocycles. The number of amidine groups is 1. The molecule has 0 N–H and O–H groups in total. The highest BCUT2D eigenvalue weighted by atomic mass is 35.5. The zero-order valence-electron chi connectivity index (χ0n) is 12.4. The van der Waals surface area contributed by atoms with Gasteiger partial charge in [-0.05, 0) is 54.6 Å². The van der Waals surface area contributed by atoms with Crippen molar-refractivity contribution in [1.29, 1.82) is 0 Å². The van der Waals surface area contributed by atoms with E-state index in [9.17, 15) is 4.79 Å². The third kappa shape index (κ3) is 3.63. The van der Waals surface area contributed by atoms with Gasteiger partial charge in [0.15, 0.2) is 11.0 Å². The molecule has 116 valence electrons. The molecule has 6 heteroatoms. The van der Waals surface area contributed by atoms with Gasteiger partial charge >= 0.3 is 0 Å². The Balaban J connectivity index is 1.91. The molecule has 1 aliphatic rings. The molecule has 23 heavy (non-hydrogen) atoms. The summed E-state index contributed by atoms with van der Waals surface area (Å²) in [4.78, 5) is 23.5. The third-order valence-corrected chi connectivity index (χ3v) is 4.49. The number of carbonyl (C=O) groups is 1. The Morgan fingerprint density at radius 1 is 1.26 bits per heavy atom. The number of hydrogen-bond donors (Lipinski definition) is 0. The SMILES string of the molecule is CCN1C(=O)/C(=C/c2ccc(Cl)cc2)S/C1=N/c1ccccn1. The minimum Gasteiger partial charge on any atom is -0.287 e. The number of aliphatic imine (C=N–C) groups is 1. The quantitative estimate of drug-likeness (QED) is 0.778. The molecule has 0 unspecified atom stereocenters. The number of benzene rings is 1. The second kappa shape index (κ2) is 6.98. The zero-order valence-corrected chi connectivity index (χ0v) is 14.0. The Kier molecular flexibility index (Phi) is 4.79. The number of carbonyl (C=O) groups excluding carboxylic acids is 1. The Hall–Kier alpha value is -2.11. The largest absolute Gasteiger partial charge is 0.287 e. The van der Waals surface area contributed by atoms with E-state index in [0.717, 1.165) is 5.56 Å². The molecule has 2 heterocycles. The molecular formula is C17H14ClN3OS. The third-order valence-electron chi connectivity index (χ3n) is 3.23. The van der Waals surface area contributed by atoms with Crippen molar-refractivity contribution in [3.63, 3.8) is 0 Å². The van der Waals surface area contributed by atoms with Gasteiger partial charge in [0, 0.05) is 17.8 Å². The molecule has 1 amide bonds. The average Bonchev–Trinajstić information content (AvgIpc) is 2.85. The molecule has 0 saturated carbocycles. The van der Waals surface area contributed by atoms with Crippen LogP contribution in [0.2, 0.25) is 5.02 Å². The highest BCUT2D eigenvalue weighted by Gasteiger charge is 2.32. The molecule has 0 radical (unpaired) electrons. The minimum atomic E-state index is -0.0397. The summed E-state index contributed by atoms with van der Waals surface area (Å²) in [6, 6.07) is 12.9. The lowest BCUT2D eigenvalue weighted by Gasteiger charge is -2.11. The van der Waals surface area contributed by atoms with Crippen molar-refractivity contribution in [1.82, 2.24) is 9.88 Å². The van der Waals surface area contributed by atoms with E-state index in [1.54, 1.807) is 23.2 Å². The van der Waals surface area contributed by atoms with E-state index in [-0.39, 0.29) is 5.91 Å². The lowest BCUT2D eigenvalue weighted by atomic mass is 10.2. The molecule has 1 saturated heterocycles. The van der Waals surface area contributed by atoms with Gasteiger partial charge in [0.2, 0.25) is 0 Å². The summed E-state index contributed by atoms with van der Waals surface area (Å²) in [5.74, 6) is 0.552. The van der Waals surface area contributed by atoms with E-state index in [0.29, 0.717) is 27.5 Å². The van der Waals surface area contributed by atoms with Crippen LogP contribution in [0.4, 0.5) is 5.82 Å². The first kappa shape index (κ1) is 15.8. The van der Waals surface area contributed by atoms with Gasteiger partial charge in [0.05, 0.1) is 4.91 Å². The number of rotatable bonds is 3. The van der Waals surface area contributed by atoms with Crippen LogP contribution in [0.5, 0.6) is 0 Å². The first-order valence-corrected chi connectivity index (χ1v) is 8.33. The van der Waals surface area contributed by atoms with Gasteiger partial charge in [0.1, 0.15) is 0 Å². The number of halogens is 1. The van der Waals surface area contributed by atoms with Gasteiger partial charge in [-0.25, -0.2) is 9.98 Å². The Morgan fingerprint density at radius 2 is 2.04 bits per heavy atom. The summed E-state index contributed by atoms with van der Waals surface area (Å²) < 4.78 is 0. The molecule has 1 fully saturated rings. The molecule has 0 bridgehead atoms. The highest BCUT2D eigenvalue weighted by molar-refractivity contribution is 8.18. The molecule has 0 spiro atoms. The first-order chi connectivity index (χ1) is 11.2. The topological polar surface area (TPSA) is 45.6 Å². The van der Waals surface area contributed by atoms with Crippen LogP contribution >= 0.6 is 23.4 Å². The number of amides is 1. The van der Waals surface area contributed by atoms with Gasteiger partial charge in [-0.3, -0.25) is 9.69 Å². The molecule has 0 aliphatic carbocycles. The summed E-state index contributed by atoms with van der Waals surface area (Å²) in [6.07, 6.45) is 3.54. The number of likely N-dealkylation sites (N-methyl/N-ethyl adjacent to an activating group) is 1. The van der Waals surface area contributed by atoms with Gasteiger partial charge in [-0.2, -0.15) is 0 Å². The standard InChI is InChI=1S/C17H14ClN3OS/c1-2-21-16(22)14(11-12-6-8-13(18)9-7-12)23-17(21)20-15-5-3-4-10-19-15/h3-11H,2H2,1H3/b14-11-,20-17+. The predicted octanol–water partition coefficient (Wildman–Crippen LogP) is 4.36. The predicted molar refractivity (Wildman–Crippen MR) is 95.7 cm³/mol. The molecule has 0 atom stereocenters. The molecule has 2 aromatic rings. The Labute approximate surface area is 143 Å². The monoisotopic (exact) mass is 343 g/mol. The van der Waals surface area contributed by atoms with Crippen LogP contribution in [0.15, 0.2) is 58.6 Å². The van der Waals surface area contributed by atoms with E-state index in [1.165, 1.54) is 11.8 Å². The second-order valence-corrected chi connectivity index (χ2v) is 6.24. The molecule has 4 nitrogen and oxygen atoms in total. The van der Waals surface area contributed by atoms with Crippen LogP contribution < -0.4 is 0 Å². The molecule has 1 aliphatic heterocycles. The van der Waals surface area contributed by atoms with Crippen LogP contribution in [0, 0.1) is 0 Å². The molecule has 3 rings (SSSR count). The lowest BCUT2D eigenvalue weighted by Crippen LogP contribution is -2.28. The second-order valence-electron chi connectivity index (χ2n) is 4.79. The number of hydrogen-bond acceptors (Lipinski definition) is 4. The lowest BCUT2D eigenvalue weighted by molar-refractivity contribution is -0.122. The maximum absolute atomic E-state index is 12.5. The van der Waals surface area contributed by atoms with Crippen molar-refractivity contribution in [2.75, 3.05) is 6.54 Å². The maximum atomic E-state index is 12.5. The number of pyridine rings is 1. The van der Waals surface area contributed by atoms with E-state index in [1.807, 2.05) is 43.3 Å². The van der Waals surface area contributed by atoms with Crippen LogP contribution in [0.25, 0.3) is 6.08 Å². The summed E-state index contributed by atoms with van der Waals surface area (Å²) in [5, 5.41) is 1.32. The van der Waals surface area contributed by atoms with Crippen molar-refractivity contribution >= 4 is 46.3 Å². The van der Waals surface area contributed by atoms with Gasteiger partial charge < -0.3 is 0 Å². The number of thioether (sulfide) groups is 1. The summed E-state index contributed by atoms with van der Waals surface area (Å²) >= 11 is 7.25. The van der Waals surface area contributed by atoms with Gasteiger partial charge in [-0.15, -0.1) is 0 Å². The van der Waals surface area contributed by atoms with E-state index >= 15 is 0 Å². The van der Waals surface area contributed by atoms with Crippen LogP contribution in [0.3, 0.4) is 0 Å². The molecular weight excluding hydrogens is 330 g/mol. The smallest absolute Gasteiger partial charge is 0.266 e. The van der Waals surface area contributed by atoms with E-state index < -0.39 is 0 Å². The zero-order chi connectivity index (χ0) is 16.2. The van der Waals surface area contributed by atoms with Gasteiger partial charge in [0.25, 0.3) is 5.91 Å². The van der Waals surface area contributed by atoms with Crippen molar-refractivity contribution in [3.05, 3.63) is 64.2 Å². The van der Waals surface area contributed by atoms with Crippen LogP contribution in [0.1, 0.15) is 12.5 Å². The Morgan fingerprint density at radius 3 is 2.70 bits per heavy atom. The summed E-state index contributed by atoms with van der Waals surface area (Å²) in [7, 11) is 0. The van der Waals surface area contributed by atoms with Crippen molar-refractivity contribution in [2.24, 2.45) is 4.99 Å². The number of aromatic nitrogens is 1. The highest BCUT2D eigenvalue weighted by Crippen LogP contribution is 2.33. The first-order valence-electron chi connectivity index (χ1n) is 7.14. The maximum Gasteiger partial charge on any atom is 0.266 e. The fourth-order valence-electron chi connectivity index (χ4n) is 2.10. The fraction of sp³-hybridized carbons (Fsp3) is 0.118.